The summed E-state index contributed by atoms with van der Waals surface area (Å²) in [5.74, 6) is -0.352. The third kappa shape index (κ3) is 3.87. The molecule has 1 aliphatic heterocycles. The highest BCUT2D eigenvalue weighted by Gasteiger charge is 2.45. The average molecular weight is 368 g/mol. The van der Waals surface area contributed by atoms with Crippen molar-refractivity contribution in [1.29, 1.82) is 0 Å². The number of hydrogen-bond acceptors (Lipinski definition) is 2. The van der Waals surface area contributed by atoms with Crippen LogP contribution in [0.15, 0.2) is 48.5 Å². The monoisotopic (exact) mass is 368 g/mol. The zero-order valence-corrected chi connectivity index (χ0v) is 15.8. The molecule has 142 valence electrons. The Labute approximate surface area is 159 Å². The molecule has 1 N–H and O–H groups in total. The molecule has 1 aliphatic rings. The number of likely N-dealkylation sites (tertiary alicyclic amines) is 1. The molecule has 0 radical (unpaired) electrons. The highest BCUT2D eigenvalue weighted by molar-refractivity contribution is 5.85. The molecule has 2 aromatic carbocycles. The molecule has 1 saturated heterocycles. The molecule has 0 spiro atoms. The predicted molar refractivity (Wildman–Crippen MR) is 104 cm³/mol. The molecule has 2 amide bonds. The number of nitrogens with zero attached hydrogens (tertiary/aromatic N) is 1. The Morgan fingerprint density at radius 3 is 2.41 bits per heavy atom. The number of halogens is 1. The van der Waals surface area contributed by atoms with Crippen molar-refractivity contribution >= 4 is 11.8 Å². The fourth-order valence-corrected chi connectivity index (χ4v) is 3.88. The van der Waals surface area contributed by atoms with Gasteiger partial charge in [-0.15, -0.1) is 0 Å². The molecular formula is C22H25FN2O2. The van der Waals surface area contributed by atoms with Crippen LogP contribution in [-0.2, 0) is 16.0 Å². The van der Waals surface area contributed by atoms with Crippen molar-refractivity contribution in [3.05, 3.63) is 59.9 Å². The van der Waals surface area contributed by atoms with Gasteiger partial charge in [-0.2, -0.15) is 0 Å². The molecule has 0 bridgehead atoms. The van der Waals surface area contributed by atoms with Gasteiger partial charge in [-0.25, -0.2) is 4.39 Å². The molecule has 4 nitrogen and oxygen atoms in total. The van der Waals surface area contributed by atoms with Crippen LogP contribution in [0, 0.1) is 11.2 Å². The van der Waals surface area contributed by atoms with E-state index in [2.05, 4.69) is 5.32 Å². The Bertz CT molecular complexity index is 852. The van der Waals surface area contributed by atoms with Gasteiger partial charge < -0.3 is 10.2 Å². The molecule has 3 rings (SSSR count). The van der Waals surface area contributed by atoms with Crippen molar-refractivity contribution in [2.75, 3.05) is 19.6 Å². The van der Waals surface area contributed by atoms with Crippen LogP contribution < -0.4 is 5.32 Å². The first-order valence-corrected chi connectivity index (χ1v) is 9.33. The lowest BCUT2D eigenvalue weighted by molar-refractivity contribution is -0.132. The summed E-state index contributed by atoms with van der Waals surface area (Å²) in [6.45, 7) is 4.90. The summed E-state index contributed by atoms with van der Waals surface area (Å²) in [6, 6.07) is 14.3. The molecule has 2 aromatic rings. The number of benzene rings is 2. The molecule has 0 saturated carbocycles. The van der Waals surface area contributed by atoms with Gasteiger partial charge >= 0.3 is 0 Å². The maximum Gasteiger partial charge on any atom is 0.228 e. The Morgan fingerprint density at radius 1 is 1.11 bits per heavy atom. The number of rotatable bonds is 5. The molecule has 27 heavy (non-hydrogen) atoms. The van der Waals surface area contributed by atoms with Crippen LogP contribution in [0.25, 0.3) is 11.1 Å². The van der Waals surface area contributed by atoms with E-state index in [1.54, 1.807) is 17.0 Å². The second-order valence-electron chi connectivity index (χ2n) is 7.14. The SMILES string of the molecule is CCNC(=O)[C@]1(Cc2ccccc2-c2ccccc2F)CCN(C(C)=O)C1. The van der Waals surface area contributed by atoms with Crippen molar-refractivity contribution in [1.82, 2.24) is 10.2 Å². The molecular weight excluding hydrogens is 343 g/mol. The normalized spacial score (nSPS) is 19.1. The lowest BCUT2D eigenvalue weighted by Gasteiger charge is -2.29. The zero-order chi connectivity index (χ0) is 19.4. The third-order valence-corrected chi connectivity index (χ3v) is 5.33. The van der Waals surface area contributed by atoms with Gasteiger partial charge in [-0.05, 0) is 37.0 Å². The highest BCUT2D eigenvalue weighted by atomic mass is 19.1. The average Bonchev–Trinajstić information content (AvgIpc) is 3.09. The minimum absolute atomic E-state index is 0.0245. The summed E-state index contributed by atoms with van der Waals surface area (Å²) in [6.07, 6.45) is 1.07. The number of carbonyl (C=O) groups excluding carboxylic acids is 2. The number of nitrogens with one attached hydrogen (secondary N) is 1. The molecule has 5 heteroatoms. The fraction of sp³-hybridized carbons (Fsp3) is 0.364. The first-order valence-electron chi connectivity index (χ1n) is 9.33. The maximum absolute atomic E-state index is 14.4. The van der Waals surface area contributed by atoms with E-state index < -0.39 is 5.41 Å². The van der Waals surface area contributed by atoms with Gasteiger partial charge in [-0.1, -0.05) is 42.5 Å². The van der Waals surface area contributed by atoms with Gasteiger partial charge in [0.25, 0.3) is 0 Å². The first-order chi connectivity index (χ1) is 13.0. The summed E-state index contributed by atoms with van der Waals surface area (Å²) < 4.78 is 14.4. The molecule has 0 aromatic heterocycles. The number of hydrogen-bond donors (Lipinski definition) is 1. The van der Waals surface area contributed by atoms with Crippen LogP contribution in [0.4, 0.5) is 4.39 Å². The van der Waals surface area contributed by atoms with E-state index >= 15 is 0 Å². The summed E-state index contributed by atoms with van der Waals surface area (Å²) in [5.41, 5.74) is 1.55. The van der Waals surface area contributed by atoms with Crippen molar-refractivity contribution in [2.45, 2.75) is 26.7 Å². The van der Waals surface area contributed by atoms with E-state index in [-0.39, 0.29) is 17.6 Å². The largest absolute Gasteiger partial charge is 0.356 e. The molecule has 1 atom stereocenters. The van der Waals surface area contributed by atoms with Crippen LogP contribution in [0.1, 0.15) is 25.8 Å². The van der Waals surface area contributed by atoms with E-state index in [1.165, 1.54) is 13.0 Å². The second-order valence-corrected chi connectivity index (χ2v) is 7.14. The van der Waals surface area contributed by atoms with E-state index in [1.807, 2.05) is 37.3 Å². The van der Waals surface area contributed by atoms with Crippen LogP contribution >= 0.6 is 0 Å². The van der Waals surface area contributed by atoms with Gasteiger partial charge in [-0.3, -0.25) is 9.59 Å². The Kier molecular flexibility index (Phi) is 5.59. The molecule has 0 aliphatic carbocycles. The molecule has 1 fully saturated rings. The predicted octanol–water partition coefficient (Wildman–Crippen LogP) is 3.41. The van der Waals surface area contributed by atoms with Gasteiger partial charge in [0.05, 0.1) is 5.41 Å². The van der Waals surface area contributed by atoms with Crippen LogP contribution in [-0.4, -0.2) is 36.3 Å². The molecule has 0 unspecified atom stereocenters. The Morgan fingerprint density at radius 2 is 1.78 bits per heavy atom. The van der Waals surface area contributed by atoms with Gasteiger partial charge in [0, 0.05) is 32.1 Å². The van der Waals surface area contributed by atoms with Crippen molar-refractivity contribution in [3.63, 3.8) is 0 Å². The second kappa shape index (κ2) is 7.91. The lowest BCUT2D eigenvalue weighted by atomic mass is 9.78. The smallest absolute Gasteiger partial charge is 0.228 e. The summed E-state index contributed by atoms with van der Waals surface area (Å²) in [5, 5.41) is 2.93. The Hall–Kier alpha value is -2.69. The third-order valence-electron chi connectivity index (χ3n) is 5.33. The first kappa shape index (κ1) is 19.1. The summed E-state index contributed by atoms with van der Waals surface area (Å²) in [4.78, 5) is 26.5. The minimum Gasteiger partial charge on any atom is -0.356 e. The maximum atomic E-state index is 14.4. The van der Waals surface area contributed by atoms with E-state index in [4.69, 9.17) is 0 Å². The van der Waals surface area contributed by atoms with Crippen molar-refractivity contribution < 1.29 is 14.0 Å². The van der Waals surface area contributed by atoms with Gasteiger partial charge in [0.1, 0.15) is 5.82 Å². The molecule has 1 heterocycles. The number of amides is 2. The number of carbonyl (C=O) groups is 2. The van der Waals surface area contributed by atoms with Gasteiger partial charge in [0.15, 0.2) is 0 Å². The van der Waals surface area contributed by atoms with Crippen molar-refractivity contribution in [3.8, 4) is 11.1 Å². The summed E-state index contributed by atoms with van der Waals surface area (Å²) >= 11 is 0. The van der Waals surface area contributed by atoms with E-state index in [0.29, 0.717) is 38.0 Å². The van der Waals surface area contributed by atoms with Crippen LogP contribution in [0.5, 0.6) is 0 Å². The van der Waals surface area contributed by atoms with E-state index in [9.17, 15) is 14.0 Å². The van der Waals surface area contributed by atoms with Crippen LogP contribution in [0.3, 0.4) is 0 Å². The Balaban J connectivity index is 2.00. The fourth-order valence-electron chi connectivity index (χ4n) is 3.88. The van der Waals surface area contributed by atoms with Gasteiger partial charge in [0.2, 0.25) is 11.8 Å². The lowest BCUT2D eigenvalue weighted by Crippen LogP contribution is -2.45. The zero-order valence-electron chi connectivity index (χ0n) is 15.8. The van der Waals surface area contributed by atoms with E-state index in [0.717, 1.165) is 11.1 Å². The summed E-state index contributed by atoms with van der Waals surface area (Å²) in [7, 11) is 0. The topological polar surface area (TPSA) is 49.4 Å². The quantitative estimate of drug-likeness (QED) is 0.879. The van der Waals surface area contributed by atoms with Crippen LogP contribution in [0.2, 0.25) is 0 Å². The highest BCUT2D eigenvalue weighted by Crippen LogP contribution is 2.38. The van der Waals surface area contributed by atoms with Crippen molar-refractivity contribution in [2.24, 2.45) is 5.41 Å². The minimum atomic E-state index is -0.691. The standard InChI is InChI=1S/C22H25FN2O2/c1-3-24-21(27)22(12-13-25(15-22)16(2)26)14-17-8-4-5-9-18(17)19-10-6-7-11-20(19)23/h4-11H,3,12-15H2,1-2H3,(H,24,27)/t22-/m0/s1.